The Balaban J connectivity index is 1.88. The Labute approximate surface area is 181 Å². The standard InChI is InChI=1S/C20H24F5N5O2/c1-2-26-18-14(20(23,24)25)11-27-19(29-18)28-16-10-15(22)13(9-17(16)32-6-3-21)12-30-4-7-31-8-5-30/h9-11H,2-8,12H2,1H3,(H2,26,27,28,29). The largest absolute Gasteiger partial charge is 0.489 e. The van der Waals surface area contributed by atoms with Crippen LogP contribution in [0.4, 0.5) is 39.4 Å². The topological polar surface area (TPSA) is 71.5 Å². The van der Waals surface area contributed by atoms with Gasteiger partial charge in [0.25, 0.3) is 0 Å². The van der Waals surface area contributed by atoms with Crippen molar-refractivity contribution in [3.8, 4) is 5.75 Å². The first kappa shape index (κ1) is 23.9. The van der Waals surface area contributed by atoms with Crippen LogP contribution >= 0.6 is 0 Å². The van der Waals surface area contributed by atoms with Gasteiger partial charge in [-0.25, -0.2) is 13.8 Å². The van der Waals surface area contributed by atoms with E-state index in [4.69, 9.17) is 9.47 Å². The summed E-state index contributed by atoms with van der Waals surface area (Å²) in [6.07, 6.45) is -4.00. The predicted octanol–water partition coefficient (Wildman–Crippen LogP) is 3.99. The van der Waals surface area contributed by atoms with Crippen LogP contribution in [0.5, 0.6) is 5.75 Å². The molecule has 0 aliphatic carbocycles. The first-order chi connectivity index (χ1) is 15.3. The summed E-state index contributed by atoms with van der Waals surface area (Å²) in [6, 6.07) is 2.58. The molecule has 0 saturated carbocycles. The minimum atomic E-state index is -4.64. The van der Waals surface area contributed by atoms with Gasteiger partial charge >= 0.3 is 6.18 Å². The van der Waals surface area contributed by atoms with Gasteiger partial charge in [-0.1, -0.05) is 0 Å². The molecule has 0 bridgehead atoms. The van der Waals surface area contributed by atoms with Crippen LogP contribution in [0, 0.1) is 5.82 Å². The van der Waals surface area contributed by atoms with Crippen molar-refractivity contribution in [2.75, 3.05) is 56.8 Å². The second kappa shape index (κ2) is 10.7. The van der Waals surface area contributed by atoms with Crippen molar-refractivity contribution in [1.82, 2.24) is 14.9 Å². The van der Waals surface area contributed by atoms with E-state index in [0.29, 0.717) is 44.6 Å². The number of benzene rings is 1. The third kappa shape index (κ3) is 6.16. The number of nitrogens with zero attached hydrogens (tertiary/aromatic N) is 3. The van der Waals surface area contributed by atoms with Crippen molar-refractivity contribution in [3.63, 3.8) is 0 Å². The second-order valence-corrected chi connectivity index (χ2v) is 6.97. The minimum absolute atomic E-state index is 0.0730. The summed E-state index contributed by atoms with van der Waals surface area (Å²) in [5.41, 5.74) is -0.609. The molecule has 0 unspecified atom stereocenters. The van der Waals surface area contributed by atoms with Gasteiger partial charge in [-0.05, 0) is 13.0 Å². The highest BCUT2D eigenvalue weighted by atomic mass is 19.4. The average Bonchev–Trinajstić information content (AvgIpc) is 2.75. The van der Waals surface area contributed by atoms with Crippen LogP contribution in [-0.4, -0.2) is 61.0 Å². The molecule has 1 saturated heterocycles. The Hall–Kier alpha value is -2.73. The van der Waals surface area contributed by atoms with Crippen LogP contribution in [0.3, 0.4) is 0 Å². The molecule has 7 nitrogen and oxygen atoms in total. The summed E-state index contributed by atoms with van der Waals surface area (Å²) >= 11 is 0. The smallest absolute Gasteiger partial charge is 0.421 e. The normalized spacial score (nSPS) is 14.9. The summed E-state index contributed by atoms with van der Waals surface area (Å²) in [5, 5.41) is 5.22. The lowest BCUT2D eigenvalue weighted by atomic mass is 10.1. The fraction of sp³-hybridized carbons (Fsp3) is 0.500. The van der Waals surface area contributed by atoms with Crippen molar-refractivity contribution >= 4 is 17.5 Å². The number of ether oxygens (including phenoxy) is 2. The molecule has 2 aromatic rings. The molecule has 1 aliphatic rings. The molecule has 1 aromatic carbocycles. The van der Waals surface area contributed by atoms with Gasteiger partial charge in [-0.15, -0.1) is 0 Å². The molecule has 0 spiro atoms. The number of aromatic nitrogens is 2. The van der Waals surface area contributed by atoms with E-state index in [1.54, 1.807) is 6.92 Å². The zero-order valence-electron chi connectivity index (χ0n) is 17.4. The molecule has 0 radical (unpaired) electrons. The molecule has 2 N–H and O–H groups in total. The van der Waals surface area contributed by atoms with Crippen molar-refractivity contribution in [2.45, 2.75) is 19.6 Å². The molecule has 3 rings (SSSR count). The van der Waals surface area contributed by atoms with Crippen molar-refractivity contribution < 1.29 is 31.4 Å². The van der Waals surface area contributed by atoms with E-state index in [2.05, 4.69) is 20.6 Å². The number of nitrogens with one attached hydrogen (secondary N) is 2. The quantitative estimate of drug-likeness (QED) is 0.547. The first-order valence-electron chi connectivity index (χ1n) is 10.1. The van der Waals surface area contributed by atoms with Gasteiger partial charge in [-0.2, -0.15) is 18.2 Å². The maximum Gasteiger partial charge on any atom is 0.421 e. The van der Waals surface area contributed by atoms with E-state index in [9.17, 15) is 22.0 Å². The van der Waals surface area contributed by atoms with Gasteiger partial charge in [0.2, 0.25) is 5.95 Å². The number of hydrogen-bond donors (Lipinski definition) is 2. The number of hydrogen-bond acceptors (Lipinski definition) is 7. The number of anilines is 3. The SMILES string of the molecule is CCNc1nc(Nc2cc(F)c(CN3CCOCC3)cc2OCCF)ncc1C(F)(F)F. The summed E-state index contributed by atoms with van der Waals surface area (Å²) in [7, 11) is 0. The predicted molar refractivity (Wildman–Crippen MR) is 108 cm³/mol. The van der Waals surface area contributed by atoms with Gasteiger partial charge in [0, 0.05) is 44.0 Å². The first-order valence-corrected chi connectivity index (χ1v) is 10.1. The number of halogens is 5. The molecule has 1 aromatic heterocycles. The zero-order chi connectivity index (χ0) is 23.1. The minimum Gasteiger partial charge on any atom is -0.489 e. The molecular weight excluding hydrogens is 437 g/mol. The molecule has 1 fully saturated rings. The number of rotatable bonds is 9. The Morgan fingerprint density at radius 3 is 2.62 bits per heavy atom. The van der Waals surface area contributed by atoms with Gasteiger partial charge in [0.1, 0.15) is 36.2 Å². The molecule has 0 amide bonds. The van der Waals surface area contributed by atoms with E-state index in [1.807, 2.05) is 4.90 Å². The monoisotopic (exact) mass is 461 g/mol. The molecule has 2 heterocycles. The Morgan fingerprint density at radius 1 is 1.22 bits per heavy atom. The van der Waals surface area contributed by atoms with Crippen molar-refractivity contribution in [1.29, 1.82) is 0 Å². The summed E-state index contributed by atoms with van der Waals surface area (Å²) in [5.74, 6) is -1.02. The highest BCUT2D eigenvalue weighted by Gasteiger charge is 2.35. The zero-order valence-corrected chi connectivity index (χ0v) is 17.4. The van der Waals surface area contributed by atoms with Gasteiger partial charge in [0.05, 0.1) is 18.9 Å². The Morgan fingerprint density at radius 2 is 1.97 bits per heavy atom. The van der Waals surface area contributed by atoms with E-state index in [0.717, 1.165) is 6.07 Å². The highest BCUT2D eigenvalue weighted by molar-refractivity contribution is 5.65. The fourth-order valence-electron chi connectivity index (χ4n) is 3.15. The Bertz CT molecular complexity index is 907. The van der Waals surface area contributed by atoms with Gasteiger partial charge in [-0.3, -0.25) is 4.90 Å². The van der Waals surface area contributed by atoms with Crippen LogP contribution in [0.1, 0.15) is 18.1 Å². The summed E-state index contributed by atoms with van der Waals surface area (Å²) in [4.78, 5) is 9.57. The molecule has 1 aliphatic heterocycles. The highest BCUT2D eigenvalue weighted by Crippen LogP contribution is 2.35. The lowest BCUT2D eigenvalue weighted by molar-refractivity contribution is -0.137. The lowest BCUT2D eigenvalue weighted by Crippen LogP contribution is -2.35. The van der Waals surface area contributed by atoms with Crippen LogP contribution in [0.15, 0.2) is 18.3 Å². The van der Waals surface area contributed by atoms with Crippen LogP contribution < -0.4 is 15.4 Å². The fourth-order valence-corrected chi connectivity index (χ4v) is 3.15. The molecule has 176 valence electrons. The molecule has 0 atom stereocenters. The molecule has 32 heavy (non-hydrogen) atoms. The van der Waals surface area contributed by atoms with Gasteiger partial charge < -0.3 is 20.1 Å². The summed E-state index contributed by atoms with van der Waals surface area (Å²) < 4.78 is 77.7. The number of alkyl halides is 4. The van der Waals surface area contributed by atoms with Crippen molar-refractivity contribution in [3.05, 3.63) is 35.3 Å². The second-order valence-electron chi connectivity index (χ2n) is 6.97. The number of morpholine rings is 1. The summed E-state index contributed by atoms with van der Waals surface area (Å²) in [6.45, 7) is 3.49. The third-order valence-electron chi connectivity index (χ3n) is 4.67. The molecular formula is C20H24F5N5O2. The van der Waals surface area contributed by atoms with Crippen LogP contribution in [-0.2, 0) is 17.5 Å². The maximum absolute atomic E-state index is 14.8. The van der Waals surface area contributed by atoms with Crippen LogP contribution in [0.2, 0.25) is 0 Å². The maximum atomic E-state index is 14.8. The average molecular weight is 461 g/mol. The third-order valence-corrected chi connectivity index (χ3v) is 4.67. The van der Waals surface area contributed by atoms with E-state index in [-0.39, 0.29) is 30.5 Å². The Kier molecular flexibility index (Phi) is 8.02. The van der Waals surface area contributed by atoms with E-state index < -0.39 is 30.0 Å². The van der Waals surface area contributed by atoms with Gasteiger partial charge in [0.15, 0.2) is 0 Å². The lowest BCUT2D eigenvalue weighted by Gasteiger charge is -2.27. The van der Waals surface area contributed by atoms with Crippen molar-refractivity contribution in [2.24, 2.45) is 0 Å². The van der Waals surface area contributed by atoms with E-state index in [1.165, 1.54) is 6.07 Å². The van der Waals surface area contributed by atoms with Crippen LogP contribution in [0.25, 0.3) is 0 Å². The molecule has 12 heteroatoms. The van der Waals surface area contributed by atoms with E-state index >= 15 is 0 Å².